The molecule has 8 bridgehead atoms. The van der Waals surface area contributed by atoms with Crippen LogP contribution in [0.25, 0.3) is 102 Å². The summed E-state index contributed by atoms with van der Waals surface area (Å²) in [7, 11) is 0. The Bertz CT molecular complexity index is 3720. The van der Waals surface area contributed by atoms with Crippen LogP contribution in [0.2, 0.25) is 0 Å². The first-order chi connectivity index (χ1) is 32.1. The van der Waals surface area contributed by atoms with Gasteiger partial charge < -0.3 is 10.2 Å². The number of benzene rings is 6. The molecule has 0 radical (unpaired) electrons. The molecule has 0 fully saturated rings. The molecule has 11 rings (SSSR count). The summed E-state index contributed by atoms with van der Waals surface area (Å²) in [4.78, 5) is 22.3. The smallest absolute Gasteiger partial charge is 0.133 e. The average Bonchev–Trinajstić information content (AvgIpc) is 4.11. The van der Waals surface area contributed by atoms with Crippen LogP contribution in [-0.4, -0.2) is 25.2 Å². The summed E-state index contributed by atoms with van der Waals surface area (Å²) in [5.74, 6) is 0.134. The van der Waals surface area contributed by atoms with Gasteiger partial charge in [-0.2, -0.15) is 0 Å². The number of nitrogens with zero attached hydrogens (tertiary/aromatic N) is 4. The molecule has 5 aliphatic rings. The van der Waals surface area contributed by atoms with Gasteiger partial charge >= 0.3 is 0 Å². The van der Waals surface area contributed by atoms with E-state index in [1.165, 1.54) is 22.3 Å². The van der Waals surface area contributed by atoms with Crippen LogP contribution in [0.4, 0.5) is 5.69 Å². The van der Waals surface area contributed by atoms with E-state index in [9.17, 15) is 10.2 Å². The van der Waals surface area contributed by atoms with E-state index >= 15 is 0 Å². The van der Waals surface area contributed by atoms with E-state index in [2.05, 4.69) is 156 Å². The lowest BCUT2D eigenvalue weighted by Gasteiger charge is -2.26. The predicted octanol–water partition coefficient (Wildman–Crippen LogP) is 15.7. The Morgan fingerprint density at radius 1 is 0.353 bits per heavy atom. The molecular formula is C62H58N4O2. The highest BCUT2D eigenvalue weighted by Crippen LogP contribution is 2.50. The molecule has 0 spiro atoms. The average molecular weight is 891 g/mol. The van der Waals surface area contributed by atoms with Crippen LogP contribution >= 0.6 is 0 Å². The first kappa shape index (κ1) is 43.4. The van der Waals surface area contributed by atoms with Crippen molar-refractivity contribution in [2.45, 2.75) is 105 Å². The minimum atomic E-state index is -0.133. The van der Waals surface area contributed by atoms with Crippen LogP contribution in [0.1, 0.15) is 140 Å². The predicted molar refractivity (Wildman–Crippen MR) is 286 cm³/mol. The van der Waals surface area contributed by atoms with Gasteiger partial charge in [0.2, 0.25) is 0 Å². The molecule has 0 saturated carbocycles. The third-order valence-electron chi connectivity index (χ3n) is 14.2. The normalized spacial score (nSPS) is 13.9. The van der Waals surface area contributed by atoms with Crippen LogP contribution in [0.3, 0.4) is 0 Å². The second-order valence-electron chi connectivity index (χ2n) is 23.1. The first-order valence-electron chi connectivity index (χ1n) is 23.8. The van der Waals surface area contributed by atoms with E-state index in [1.54, 1.807) is 0 Å². The van der Waals surface area contributed by atoms with Crippen molar-refractivity contribution in [1.29, 1.82) is 0 Å². The lowest BCUT2D eigenvalue weighted by atomic mass is 9.78. The van der Waals surface area contributed by atoms with Crippen molar-refractivity contribution in [3.8, 4) is 33.8 Å². The number of phenolic OH excluding ortho intramolecular Hbond substituents is 2. The maximum atomic E-state index is 12.4. The molecule has 6 aromatic rings. The fraction of sp³-hybridized carbons (Fsp3) is 0.258. The molecule has 5 heterocycles. The minimum Gasteiger partial charge on any atom is -0.507 e. The molecular weight excluding hydrogens is 833 g/mol. The Kier molecular flexibility index (Phi) is 9.35. The van der Waals surface area contributed by atoms with Gasteiger partial charge in [0.25, 0.3) is 0 Å². The van der Waals surface area contributed by atoms with E-state index in [1.807, 2.05) is 48.5 Å². The van der Waals surface area contributed by atoms with Crippen molar-refractivity contribution in [3.63, 3.8) is 0 Å². The summed E-state index contributed by atoms with van der Waals surface area (Å²) in [5.41, 5.74) is 13.5. The zero-order chi connectivity index (χ0) is 48.0. The van der Waals surface area contributed by atoms with Crippen LogP contribution in [0, 0.1) is 0 Å². The van der Waals surface area contributed by atoms with Gasteiger partial charge in [-0.05, 0) is 102 Å². The quantitative estimate of drug-likeness (QED) is 0.180. The molecule has 6 heteroatoms. The largest absolute Gasteiger partial charge is 0.507 e. The van der Waals surface area contributed by atoms with Gasteiger partial charge in [-0.1, -0.05) is 168 Å². The molecule has 2 N–H and O–H groups in total. The van der Waals surface area contributed by atoms with E-state index in [-0.39, 0.29) is 33.2 Å². The minimum absolute atomic E-state index is 0.0670. The molecule has 6 aromatic carbocycles. The van der Waals surface area contributed by atoms with Crippen molar-refractivity contribution in [2.75, 3.05) is 0 Å². The number of phenols is 2. The van der Waals surface area contributed by atoms with Gasteiger partial charge in [0.1, 0.15) is 11.5 Å². The summed E-state index contributed by atoms with van der Waals surface area (Å²) in [6, 6.07) is 29.7. The Morgan fingerprint density at radius 3 is 1.07 bits per heavy atom. The third-order valence-corrected chi connectivity index (χ3v) is 14.2. The number of hydrogen-bond acceptors (Lipinski definition) is 6. The molecule has 68 heavy (non-hydrogen) atoms. The zero-order valence-electron chi connectivity index (χ0n) is 41.2. The molecule has 0 aromatic heterocycles. The Hall–Kier alpha value is -7.18. The number of hydrogen-bond donors (Lipinski definition) is 2. The second-order valence-corrected chi connectivity index (χ2v) is 23.1. The molecule has 0 unspecified atom stereocenters. The Labute approximate surface area is 398 Å². The molecule has 0 aliphatic carbocycles. The monoisotopic (exact) mass is 890 g/mol. The summed E-state index contributed by atoms with van der Waals surface area (Å²) in [6.45, 7) is 27.2. The van der Waals surface area contributed by atoms with Gasteiger partial charge in [-0.3, -0.25) is 0 Å². The molecule has 5 aliphatic heterocycles. The van der Waals surface area contributed by atoms with Gasteiger partial charge in [-0.25, -0.2) is 19.9 Å². The number of rotatable bonds is 2. The van der Waals surface area contributed by atoms with Gasteiger partial charge in [0.05, 0.1) is 56.0 Å². The van der Waals surface area contributed by atoms with Crippen molar-refractivity contribution in [3.05, 3.63) is 147 Å². The topological polar surface area (TPSA) is 91.5 Å². The van der Waals surface area contributed by atoms with Crippen molar-refractivity contribution in [1.82, 2.24) is 15.0 Å². The SMILES string of the molecule is CC(C)(C)c1cc(-c2c3nc(c(-c4cc(C(C)(C)C)cc(C(C)(C)C)c4)c4nc(c5c6c(c(O)c7ccccc75)c5c(O)c7ccccc7c(c7nc2C=C7)c5N=6)C=C4)C=C3)cc(C(C)(C)C)c1. The molecule has 0 saturated heterocycles. The van der Waals surface area contributed by atoms with Crippen molar-refractivity contribution in [2.24, 2.45) is 4.99 Å². The van der Waals surface area contributed by atoms with E-state index in [0.717, 1.165) is 66.6 Å². The highest BCUT2D eigenvalue weighted by molar-refractivity contribution is 6.25. The first-order valence-corrected chi connectivity index (χ1v) is 23.8. The Morgan fingerprint density at radius 2 is 0.676 bits per heavy atom. The molecule has 0 atom stereocenters. The van der Waals surface area contributed by atoms with E-state index in [0.29, 0.717) is 44.0 Å². The third kappa shape index (κ3) is 6.82. The summed E-state index contributed by atoms with van der Waals surface area (Å²) in [5, 5.41) is 30.9. The van der Waals surface area contributed by atoms with Crippen LogP contribution < -0.4 is 5.36 Å². The standard InChI is InChI=1S/C62H58N4O2/c1-59(2,3)35-27-33(28-36(31-35)60(4,5)6)49-43-21-22-44(63-43)50(34-29-37(61(7,8)9)32-38(30-34)62(10,11)12)46-24-26-48(65-46)52-40-18-14-16-20-42(40)58(68)54-53-55(66-56(52)54)51(47-25-23-45(49)64-47)39-17-13-15-19-41(39)57(53)67/h13-32,67-68H,1-12H3. The van der Waals surface area contributed by atoms with Crippen LogP contribution in [-0.2, 0) is 21.7 Å². The van der Waals surface area contributed by atoms with Crippen molar-refractivity contribution >= 4 is 85.2 Å². The van der Waals surface area contributed by atoms with Gasteiger partial charge in [0, 0.05) is 32.7 Å². The van der Waals surface area contributed by atoms with Crippen LogP contribution in [0.15, 0.2) is 89.9 Å². The van der Waals surface area contributed by atoms with Crippen molar-refractivity contribution < 1.29 is 10.2 Å². The van der Waals surface area contributed by atoms with E-state index in [4.69, 9.17) is 19.9 Å². The molecule has 338 valence electrons. The van der Waals surface area contributed by atoms with E-state index < -0.39 is 0 Å². The molecule has 6 nitrogen and oxygen atoms in total. The lowest BCUT2D eigenvalue weighted by molar-refractivity contribution is 0.483. The van der Waals surface area contributed by atoms with Crippen LogP contribution in [0.5, 0.6) is 11.5 Å². The maximum Gasteiger partial charge on any atom is 0.133 e. The van der Waals surface area contributed by atoms with Gasteiger partial charge in [-0.15, -0.1) is 0 Å². The Balaban J connectivity index is 1.41. The highest BCUT2D eigenvalue weighted by Gasteiger charge is 2.30. The second kappa shape index (κ2) is 14.7. The maximum absolute atomic E-state index is 12.4. The fourth-order valence-electron chi connectivity index (χ4n) is 10.2. The summed E-state index contributed by atoms with van der Waals surface area (Å²) < 4.78 is 0. The summed E-state index contributed by atoms with van der Waals surface area (Å²) >= 11 is 0. The van der Waals surface area contributed by atoms with Gasteiger partial charge in [0.15, 0.2) is 0 Å². The number of aromatic hydroxyl groups is 2. The fourth-order valence-corrected chi connectivity index (χ4v) is 10.2. The summed E-state index contributed by atoms with van der Waals surface area (Å²) in [6.07, 6.45) is 12.6. The number of aromatic nitrogens is 3. The molecule has 0 amide bonds. The lowest BCUT2D eigenvalue weighted by Crippen LogP contribution is -2.16. The number of fused-ring (bicyclic) bond motifs is 13. The highest BCUT2D eigenvalue weighted by atomic mass is 16.3. The zero-order valence-corrected chi connectivity index (χ0v) is 41.2.